The number of hydrogen-bond acceptors (Lipinski definition) is 3. The van der Waals surface area contributed by atoms with Crippen LogP contribution >= 0.6 is 0 Å². The van der Waals surface area contributed by atoms with E-state index >= 15 is 0 Å². The van der Waals surface area contributed by atoms with Crippen molar-refractivity contribution in [3.05, 3.63) is 29.8 Å². The summed E-state index contributed by atoms with van der Waals surface area (Å²) in [5.41, 5.74) is 1.15. The fourth-order valence-electron chi connectivity index (χ4n) is 7.68. The van der Waals surface area contributed by atoms with Crippen molar-refractivity contribution in [2.75, 3.05) is 20.2 Å². The molecular formula is C27H38N2O3. The molecule has 174 valence electrons. The molecule has 2 amide bonds. The van der Waals surface area contributed by atoms with Gasteiger partial charge in [-0.3, -0.25) is 9.59 Å². The second kappa shape index (κ2) is 8.72. The molecule has 0 spiro atoms. The Kier molecular flexibility index (Phi) is 5.94. The van der Waals surface area contributed by atoms with Gasteiger partial charge in [0.25, 0.3) is 0 Å². The van der Waals surface area contributed by atoms with Crippen molar-refractivity contribution >= 4 is 11.8 Å². The Balaban J connectivity index is 1.44. The number of likely N-dealkylation sites (tertiary alicyclic amines) is 1. The summed E-state index contributed by atoms with van der Waals surface area (Å²) in [6.07, 6.45) is 9.93. The Bertz CT molecular complexity index is 831. The highest BCUT2D eigenvalue weighted by Crippen LogP contribution is 2.58. The average molecular weight is 439 g/mol. The van der Waals surface area contributed by atoms with Crippen molar-refractivity contribution in [2.45, 2.75) is 76.8 Å². The molecule has 1 saturated heterocycles. The molecule has 0 aromatic heterocycles. The summed E-state index contributed by atoms with van der Waals surface area (Å²) in [6.45, 7) is 3.95. The Morgan fingerprint density at radius 2 is 1.81 bits per heavy atom. The first kappa shape index (κ1) is 21.8. The number of ether oxygens (including phenoxy) is 1. The fourth-order valence-corrected chi connectivity index (χ4v) is 7.68. The van der Waals surface area contributed by atoms with Crippen LogP contribution in [0.3, 0.4) is 0 Å². The van der Waals surface area contributed by atoms with Gasteiger partial charge in [-0.2, -0.15) is 0 Å². The van der Waals surface area contributed by atoms with Crippen molar-refractivity contribution in [1.82, 2.24) is 9.80 Å². The highest BCUT2D eigenvalue weighted by molar-refractivity contribution is 5.82. The van der Waals surface area contributed by atoms with E-state index in [0.717, 1.165) is 48.5 Å². The van der Waals surface area contributed by atoms with Crippen LogP contribution in [0, 0.1) is 23.7 Å². The van der Waals surface area contributed by atoms with Crippen LogP contribution in [0.2, 0.25) is 0 Å². The number of carbonyl (C=O) groups is 2. The zero-order valence-corrected chi connectivity index (χ0v) is 19.7. The largest absolute Gasteiger partial charge is 0.497 e. The molecule has 1 aromatic carbocycles. The number of benzene rings is 1. The minimum Gasteiger partial charge on any atom is -0.497 e. The molecule has 6 rings (SSSR count). The van der Waals surface area contributed by atoms with Crippen molar-refractivity contribution in [3.63, 3.8) is 0 Å². The molecule has 32 heavy (non-hydrogen) atoms. The minimum absolute atomic E-state index is 0.00591. The zero-order chi connectivity index (χ0) is 22.3. The van der Waals surface area contributed by atoms with Crippen molar-refractivity contribution in [3.8, 4) is 5.75 Å². The molecular weight excluding hydrogens is 400 g/mol. The monoisotopic (exact) mass is 438 g/mol. The molecule has 5 fully saturated rings. The quantitative estimate of drug-likeness (QED) is 0.650. The topological polar surface area (TPSA) is 49.9 Å². The third kappa shape index (κ3) is 4.04. The van der Waals surface area contributed by atoms with Gasteiger partial charge in [0, 0.05) is 31.6 Å². The number of hydrogen-bond donors (Lipinski definition) is 0. The van der Waals surface area contributed by atoms with E-state index < -0.39 is 0 Å². The van der Waals surface area contributed by atoms with Gasteiger partial charge in [-0.1, -0.05) is 19.1 Å². The summed E-state index contributed by atoms with van der Waals surface area (Å²) >= 11 is 0. The van der Waals surface area contributed by atoms with Gasteiger partial charge in [-0.15, -0.1) is 0 Å². The van der Waals surface area contributed by atoms with Gasteiger partial charge >= 0.3 is 0 Å². The highest BCUT2D eigenvalue weighted by atomic mass is 16.5. The second-order valence-electron chi connectivity index (χ2n) is 11.0. The first-order valence-corrected chi connectivity index (χ1v) is 12.7. The van der Waals surface area contributed by atoms with Crippen LogP contribution in [-0.4, -0.2) is 47.4 Å². The third-order valence-corrected chi connectivity index (χ3v) is 8.75. The Hall–Kier alpha value is -2.04. The Labute approximate surface area is 192 Å². The normalized spacial score (nSPS) is 33.2. The number of amides is 2. The number of rotatable bonds is 6. The lowest BCUT2D eigenvalue weighted by molar-refractivity contribution is -0.159. The number of carbonyl (C=O) groups excluding carboxylic acids is 2. The van der Waals surface area contributed by atoms with Gasteiger partial charge in [-0.05, 0) is 86.8 Å². The van der Waals surface area contributed by atoms with E-state index in [1.54, 1.807) is 7.11 Å². The van der Waals surface area contributed by atoms with Crippen molar-refractivity contribution in [2.24, 2.45) is 23.7 Å². The maximum atomic E-state index is 14.2. The van der Waals surface area contributed by atoms with Crippen molar-refractivity contribution < 1.29 is 14.3 Å². The average Bonchev–Trinajstić information content (AvgIpc) is 2.81. The molecule has 4 saturated carbocycles. The first-order chi connectivity index (χ1) is 15.5. The SMILES string of the molecule is CCC(=O)N1CCC[C@H](C(=O)N(Cc2cccc(OC)c2)C23CC4CC(CC(C4)C2)C3)C1. The van der Waals surface area contributed by atoms with E-state index in [1.807, 2.05) is 24.0 Å². The molecule has 5 nitrogen and oxygen atoms in total. The lowest BCUT2D eigenvalue weighted by atomic mass is 9.52. The standard InChI is InChI=1S/C27H38N2O3/c1-3-25(30)28-9-5-7-23(18-28)26(31)29(17-19-6-4-8-24(13-19)32-2)27-14-20-10-21(15-27)12-22(11-20)16-27/h4,6,8,13,20-23H,3,5,7,9-12,14-18H2,1-2H3/t20?,21?,22?,23-,27?/m0/s1. The van der Waals surface area contributed by atoms with Gasteiger partial charge in [0.1, 0.15) is 5.75 Å². The predicted molar refractivity (Wildman–Crippen MR) is 124 cm³/mol. The number of nitrogens with zero attached hydrogens (tertiary/aromatic N) is 2. The van der Waals surface area contributed by atoms with E-state index in [1.165, 1.54) is 38.5 Å². The second-order valence-corrected chi connectivity index (χ2v) is 11.0. The Morgan fingerprint density at radius 1 is 1.12 bits per heavy atom. The van der Waals surface area contributed by atoms with Gasteiger partial charge in [-0.25, -0.2) is 0 Å². The van der Waals surface area contributed by atoms with Gasteiger partial charge in [0.05, 0.1) is 13.0 Å². The minimum atomic E-state index is -0.0714. The number of methoxy groups -OCH3 is 1. The predicted octanol–water partition coefficient (Wildman–Crippen LogP) is 4.64. The fraction of sp³-hybridized carbons (Fsp3) is 0.704. The smallest absolute Gasteiger partial charge is 0.228 e. The third-order valence-electron chi connectivity index (χ3n) is 8.75. The van der Waals surface area contributed by atoms with Crippen LogP contribution in [0.4, 0.5) is 0 Å². The molecule has 0 unspecified atom stereocenters. The molecule has 5 heteroatoms. The molecule has 4 aliphatic carbocycles. The lowest BCUT2D eigenvalue weighted by Gasteiger charge is -2.61. The number of piperidine rings is 1. The molecule has 1 aliphatic heterocycles. The van der Waals surface area contributed by atoms with E-state index in [-0.39, 0.29) is 23.3 Å². The van der Waals surface area contributed by atoms with Crippen LogP contribution in [0.25, 0.3) is 0 Å². The lowest BCUT2D eigenvalue weighted by Crippen LogP contribution is -2.62. The highest BCUT2D eigenvalue weighted by Gasteiger charge is 2.55. The summed E-state index contributed by atoms with van der Waals surface area (Å²) in [6, 6.07) is 8.19. The molecule has 1 atom stereocenters. The molecule has 4 bridgehead atoms. The summed E-state index contributed by atoms with van der Waals surface area (Å²) in [5, 5.41) is 0. The van der Waals surface area contributed by atoms with Crippen LogP contribution in [0.15, 0.2) is 24.3 Å². The molecule has 0 radical (unpaired) electrons. The van der Waals surface area contributed by atoms with Gasteiger partial charge in [0.15, 0.2) is 0 Å². The van der Waals surface area contributed by atoms with Gasteiger partial charge < -0.3 is 14.5 Å². The Morgan fingerprint density at radius 3 is 2.44 bits per heavy atom. The van der Waals surface area contributed by atoms with Crippen LogP contribution in [0.5, 0.6) is 5.75 Å². The molecule has 1 heterocycles. The van der Waals surface area contributed by atoms with Crippen molar-refractivity contribution in [1.29, 1.82) is 0 Å². The van der Waals surface area contributed by atoms with E-state index in [2.05, 4.69) is 17.0 Å². The summed E-state index contributed by atoms with van der Waals surface area (Å²) < 4.78 is 5.47. The van der Waals surface area contributed by atoms with E-state index in [0.29, 0.717) is 19.5 Å². The van der Waals surface area contributed by atoms with Gasteiger partial charge in [0.2, 0.25) is 11.8 Å². The zero-order valence-electron chi connectivity index (χ0n) is 19.7. The summed E-state index contributed by atoms with van der Waals surface area (Å²) in [4.78, 5) is 30.8. The van der Waals surface area contributed by atoms with E-state index in [9.17, 15) is 9.59 Å². The maximum absolute atomic E-state index is 14.2. The molecule has 1 aromatic rings. The summed E-state index contributed by atoms with van der Waals surface area (Å²) in [7, 11) is 1.70. The van der Waals surface area contributed by atoms with Crippen LogP contribution in [-0.2, 0) is 16.1 Å². The first-order valence-electron chi connectivity index (χ1n) is 12.7. The summed E-state index contributed by atoms with van der Waals surface area (Å²) in [5.74, 6) is 3.58. The maximum Gasteiger partial charge on any atom is 0.228 e. The van der Waals surface area contributed by atoms with E-state index in [4.69, 9.17) is 4.74 Å². The molecule has 0 N–H and O–H groups in total. The molecule has 5 aliphatic rings. The van der Waals surface area contributed by atoms with Crippen LogP contribution in [0.1, 0.15) is 70.3 Å². The van der Waals surface area contributed by atoms with Crippen LogP contribution < -0.4 is 4.74 Å².